The van der Waals surface area contributed by atoms with Crippen LogP contribution >= 0.6 is 0 Å². The van der Waals surface area contributed by atoms with Crippen LogP contribution in [0.25, 0.3) is 22.4 Å². The van der Waals surface area contributed by atoms with Crippen molar-refractivity contribution in [3.05, 3.63) is 59.5 Å². The number of pyridine rings is 1. The lowest BCUT2D eigenvalue weighted by molar-refractivity contribution is 0.0954. The van der Waals surface area contributed by atoms with Crippen molar-refractivity contribution >= 4 is 17.0 Å². The monoisotopic (exact) mass is 405 g/mol. The third-order valence-electron chi connectivity index (χ3n) is 4.79. The number of carbonyl (C=O) groups excluding carboxylic acids is 1. The van der Waals surface area contributed by atoms with Crippen LogP contribution in [0, 0.1) is 13.8 Å². The Bertz CT molecular complexity index is 1190. The Hall–Kier alpha value is -3.68. The second-order valence-corrected chi connectivity index (χ2v) is 7.08. The Labute approximate surface area is 173 Å². The van der Waals surface area contributed by atoms with E-state index in [4.69, 9.17) is 9.26 Å². The molecule has 154 valence electrons. The third kappa shape index (κ3) is 4.03. The van der Waals surface area contributed by atoms with Gasteiger partial charge in [-0.25, -0.2) is 4.98 Å². The van der Waals surface area contributed by atoms with Gasteiger partial charge in [0, 0.05) is 30.5 Å². The van der Waals surface area contributed by atoms with Crippen LogP contribution in [0.5, 0.6) is 5.75 Å². The molecule has 0 spiro atoms. The van der Waals surface area contributed by atoms with Crippen LogP contribution in [0.1, 0.15) is 28.2 Å². The fourth-order valence-electron chi connectivity index (χ4n) is 3.35. The van der Waals surface area contributed by atoms with Crippen LogP contribution in [0.4, 0.5) is 0 Å². The summed E-state index contributed by atoms with van der Waals surface area (Å²) in [5.74, 6) is 0.512. The second kappa shape index (κ2) is 8.36. The van der Waals surface area contributed by atoms with E-state index in [1.807, 2.05) is 55.1 Å². The molecule has 8 nitrogen and oxygen atoms in total. The smallest absolute Gasteiger partial charge is 0.259 e. The van der Waals surface area contributed by atoms with Gasteiger partial charge in [0.15, 0.2) is 0 Å². The van der Waals surface area contributed by atoms with Crippen molar-refractivity contribution in [2.45, 2.75) is 26.8 Å². The zero-order chi connectivity index (χ0) is 21.1. The molecule has 0 atom stereocenters. The van der Waals surface area contributed by atoms with Crippen LogP contribution in [-0.4, -0.2) is 39.5 Å². The molecule has 0 aliphatic rings. The highest BCUT2D eigenvalue weighted by Crippen LogP contribution is 2.32. The first-order chi connectivity index (χ1) is 14.5. The Balaban J connectivity index is 1.57. The molecule has 0 bridgehead atoms. The van der Waals surface area contributed by atoms with E-state index in [-0.39, 0.29) is 5.91 Å². The first kappa shape index (κ1) is 19.6. The van der Waals surface area contributed by atoms with Gasteiger partial charge in [-0.15, -0.1) is 0 Å². The number of hydrogen-bond donors (Lipinski definition) is 1. The maximum atomic E-state index is 13.0. The number of methoxy groups -OCH3 is 1. The average molecular weight is 405 g/mol. The number of nitrogens with one attached hydrogen (secondary N) is 1. The van der Waals surface area contributed by atoms with Crippen LogP contribution in [0.2, 0.25) is 0 Å². The molecule has 0 radical (unpaired) electrons. The zero-order valence-electron chi connectivity index (χ0n) is 17.2. The highest BCUT2D eigenvalue weighted by molar-refractivity contribution is 6.09. The summed E-state index contributed by atoms with van der Waals surface area (Å²) in [6, 6.07) is 11.2. The summed E-state index contributed by atoms with van der Waals surface area (Å²) in [5.41, 5.74) is 3.85. The topological polar surface area (TPSA) is 95.1 Å². The van der Waals surface area contributed by atoms with Gasteiger partial charge in [0.25, 0.3) is 11.6 Å². The van der Waals surface area contributed by atoms with Gasteiger partial charge in [0.05, 0.1) is 23.8 Å². The van der Waals surface area contributed by atoms with Crippen molar-refractivity contribution < 1.29 is 14.1 Å². The summed E-state index contributed by atoms with van der Waals surface area (Å²) in [4.78, 5) is 17.4. The lowest BCUT2D eigenvalue weighted by Gasteiger charge is -2.08. The minimum absolute atomic E-state index is 0.186. The predicted octanol–water partition coefficient (Wildman–Crippen LogP) is 3.53. The molecule has 0 aliphatic heterocycles. The summed E-state index contributed by atoms with van der Waals surface area (Å²) < 4.78 is 12.6. The van der Waals surface area contributed by atoms with E-state index in [1.54, 1.807) is 13.2 Å². The summed E-state index contributed by atoms with van der Waals surface area (Å²) >= 11 is 0. The van der Waals surface area contributed by atoms with Gasteiger partial charge in [-0.1, -0.05) is 17.3 Å². The molecule has 4 rings (SSSR count). The number of benzene rings is 1. The van der Waals surface area contributed by atoms with Crippen molar-refractivity contribution in [1.29, 1.82) is 0 Å². The molecule has 0 saturated heterocycles. The summed E-state index contributed by atoms with van der Waals surface area (Å²) in [7, 11) is 1.61. The number of nitrogens with zero attached hydrogens (tertiary/aromatic N) is 4. The Morgan fingerprint density at radius 1 is 1.20 bits per heavy atom. The number of ether oxygens (including phenoxy) is 1. The van der Waals surface area contributed by atoms with Gasteiger partial charge in [0.2, 0.25) is 0 Å². The highest BCUT2D eigenvalue weighted by atomic mass is 16.5. The molecule has 30 heavy (non-hydrogen) atoms. The van der Waals surface area contributed by atoms with Crippen LogP contribution in [-0.2, 0) is 6.54 Å². The molecule has 0 saturated carbocycles. The Morgan fingerprint density at radius 2 is 2.07 bits per heavy atom. The van der Waals surface area contributed by atoms with Crippen molar-refractivity contribution in [1.82, 2.24) is 25.2 Å². The summed E-state index contributed by atoms with van der Waals surface area (Å²) in [5, 5.41) is 12.1. The first-order valence-corrected chi connectivity index (χ1v) is 9.75. The van der Waals surface area contributed by atoms with E-state index in [9.17, 15) is 4.79 Å². The van der Waals surface area contributed by atoms with E-state index in [0.717, 1.165) is 24.2 Å². The van der Waals surface area contributed by atoms with Crippen molar-refractivity contribution in [3.8, 4) is 17.0 Å². The first-order valence-electron chi connectivity index (χ1n) is 9.75. The second-order valence-electron chi connectivity index (χ2n) is 7.08. The van der Waals surface area contributed by atoms with Gasteiger partial charge in [-0.3, -0.25) is 9.48 Å². The molecule has 8 heteroatoms. The largest absolute Gasteiger partial charge is 0.497 e. The molecule has 0 aliphatic carbocycles. The van der Waals surface area contributed by atoms with E-state index >= 15 is 0 Å². The van der Waals surface area contributed by atoms with Crippen molar-refractivity contribution in [2.24, 2.45) is 0 Å². The van der Waals surface area contributed by atoms with Gasteiger partial charge in [-0.2, -0.15) is 5.10 Å². The van der Waals surface area contributed by atoms with Gasteiger partial charge in [0.1, 0.15) is 11.4 Å². The lowest BCUT2D eigenvalue weighted by Crippen LogP contribution is -2.25. The van der Waals surface area contributed by atoms with Crippen LogP contribution in [0.3, 0.4) is 0 Å². The summed E-state index contributed by atoms with van der Waals surface area (Å²) in [6.45, 7) is 5.04. The average Bonchev–Trinajstić information content (AvgIpc) is 3.36. The minimum atomic E-state index is -0.186. The van der Waals surface area contributed by atoms with Crippen molar-refractivity contribution in [2.75, 3.05) is 13.7 Å². The number of fused-ring (bicyclic) bond motifs is 1. The molecule has 1 amide bonds. The number of aromatic nitrogens is 4. The SMILES string of the molecule is COc1cccc(-c2noc3nc(C)cc(C(=O)NCCCn4ccc(C)n4)c23)c1. The van der Waals surface area contributed by atoms with Crippen LogP contribution in [0.15, 0.2) is 47.1 Å². The Kier molecular flexibility index (Phi) is 5.47. The number of carbonyl (C=O) groups is 1. The number of hydrogen-bond acceptors (Lipinski definition) is 6. The third-order valence-corrected chi connectivity index (χ3v) is 4.79. The molecule has 3 heterocycles. The molecule has 1 N–H and O–H groups in total. The van der Waals surface area contributed by atoms with Crippen molar-refractivity contribution in [3.63, 3.8) is 0 Å². The fourth-order valence-corrected chi connectivity index (χ4v) is 3.35. The molecular formula is C22H23N5O3. The van der Waals surface area contributed by atoms with E-state index in [1.165, 1.54) is 0 Å². The standard InChI is InChI=1S/C22H23N5O3/c1-14-8-11-27(25-14)10-5-9-23-21(28)18-12-15(2)24-22-19(18)20(26-30-22)16-6-4-7-17(13-16)29-3/h4,6-8,11-13H,5,9-10H2,1-3H3,(H,23,28). The van der Waals surface area contributed by atoms with Crippen LogP contribution < -0.4 is 10.1 Å². The fraction of sp³-hybridized carbons (Fsp3) is 0.273. The van der Waals surface area contributed by atoms with Gasteiger partial charge in [-0.05, 0) is 44.5 Å². The molecular weight excluding hydrogens is 382 g/mol. The maximum absolute atomic E-state index is 13.0. The molecule has 1 aromatic carbocycles. The number of amides is 1. The predicted molar refractivity (Wildman–Crippen MR) is 112 cm³/mol. The van der Waals surface area contributed by atoms with E-state index < -0.39 is 0 Å². The quantitative estimate of drug-likeness (QED) is 0.473. The van der Waals surface area contributed by atoms with Gasteiger partial charge < -0.3 is 14.6 Å². The number of aryl methyl sites for hydroxylation is 3. The van der Waals surface area contributed by atoms with E-state index in [2.05, 4.69) is 20.6 Å². The molecule has 0 fully saturated rings. The number of rotatable bonds is 7. The molecule has 4 aromatic rings. The molecule has 3 aromatic heterocycles. The molecule has 0 unspecified atom stereocenters. The normalized spacial score (nSPS) is 11.0. The van der Waals surface area contributed by atoms with Gasteiger partial charge >= 0.3 is 0 Å². The Morgan fingerprint density at radius 3 is 2.83 bits per heavy atom. The summed E-state index contributed by atoms with van der Waals surface area (Å²) in [6.07, 6.45) is 2.71. The minimum Gasteiger partial charge on any atom is -0.497 e. The van der Waals surface area contributed by atoms with E-state index in [0.29, 0.717) is 40.3 Å². The lowest BCUT2D eigenvalue weighted by atomic mass is 10.0. The highest BCUT2D eigenvalue weighted by Gasteiger charge is 2.21. The maximum Gasteiger partial charge on any atom is 0.259 e. The zero-order valence-corrected chi connectivity index (χ0v) is 17.2.